The maximum atomic E-state index is 12.0. The van der Waals surface area contributed by atoms with Gasteiger partial charge in [0.1, 0.15) is 0 Å². The van der Waals surface area contributed by atoms with Crippen molar-refractivity contribution in [3.63, 3.8) is 0 Å². The molecule has 0 unspecified atom stereocenters. The van der Waals surface area contributed by atoms with Crippen molar-refractivity contribution < 1.29 is 19.5 Å². The van der Waals surface area contributed by atoms with Gasteiger partial charge in [-0.15, -0.1) is 0 Å². The largest absolute Gasteiger partial charge is 0.481 e. The molecule has 0 radical (unpaired) electrons. The second-order valence-electron chi connectivity index (χ2n) is 4.84. The summed E-state index contributed by atoms with van der Waals surface area (Å²) in [6, 6.07) is 0. The topological polar surface area (TPSA) is 74.7 Å². The van der Waals surface area contributed by atoms with E-state index in [9.17, 15) is 14.4 Å². The third-order valence-electron chi connectivity index (χ3n) is 3.85. The van der Waals surface area contributed by atoms with E-state index in [-0.39, 0.29) is 18.2 Å². The minimum absolute atomic E-state index is 0.148. The number of carboxylic acid groups (broad SMARTS) is 1. The number of carbonyl (C=O) groups is 3. The number of nitrogens with zero attached hydrogens (tertiary/aromatic N) is 1. The average molecular weight is 237 g/mol. The van der Waals surface area contributed by atoms with E-state index in [2.05, 4.69) is 0 Å². The summed E-state index contributed by atoms with van der Waals surface area (Å²) in [5.74, 6) is -1.62. The van der Waals surface area contributed by atoms with Crippen LogP contribution in [0.1, 0.15) is 39.5 Å². The van der Waals surface area contributed by atoms with Gasteiger partial charge in [-0.25, -0.2) is 0 Å². The van der Waals surface area contributed by atoms with Crippen LogP contribution in [0.15, 0.2) is 11.1 Å². The zero-order valence-electron chi connectivity index (χ0n) is 9.95. The van der Waals surface area contributed by atoms with Crippen LogP contribution in [0, 0.1) is 0 Å². The van der Waals surface area contributed by atoms with Gasteiger partial charge in [-0.1, -0.05) is 0 Å². The Morgan fingerprint density at radius 3 is 2.00 bits per heavy atom. The predicted octanol–water partition coefficient (Wildman–Crippen LogP) is 1.09. The Kier molecular flexibility index (Phi) is 2.56. The molecule has 0 aromatic heterocycles. The third kappa shape index (κ3) is 1.57. The molecule has 5 nitrogen and oxygen atoms in total. The molecule has 17 heavy (non-hydrogen) atoms. The first kappa shape index (κ1) is 11.8. The summed E-state index contributed by atoms with van der Waals surface area (Å²) in [4.78, 5) is 36.1. The number of hydrogen-bond acceptors (Lipinski definition) is 3. The second-order valence-corrected chi connectivity index (χ2v) is 4.84. The molecule has 0 spiro atoms. The molecule has 1 heterocycles. The number of carboxylic acids is 1. The number of hydrogen-bond donors (Lipinski definition) is 1. The van der Waals surface area contributed by atoms with Gasteiger partial charge in [0, 0.05) is 11.1 Å². The standard InChI is InChI=1S/C12H15NO4/c1-7-8(2)11(17)13(10(7)16)12(4-3-5-12)6-9(14)15/h3-6H2,1-2H3,(H,14,15). The smallest absolute Gasteiger partial charge is 0.305 e. The fourth-order valence-electron chi connectivity index (χ4n) is 2.53. The van der Waals surface area contributed by atoms with Gasteiger partial charge in [0.05, 0.1) is 12.0 Å². The highest BCUT2D eigenvalue weighted by molar-refractivity contribution is 6.19. The predicted molar refractivity (Wildman–Crippen MR) is 59.1 cm³/mol. The number of carbonyl (C=O) groups excluding carboxylic acids is 2. The molecule has 0 aromatic carbocycles. The molecule has 2 rings (SSSR count). The zero-order valence-corrected chi connectivity index (χ0v) is 9.95. The van der Waals surface area contributed by atoms with Gasteiger partial charge in [0.25, 0.3) is 11.8 Å². The van der Waals surface area contributed by atoms with Crippen molar-refractivity contribution in [2.24, 2.45) is 0 Å². The highest BCUT2D eigenvalue weighted by atomic mass is 16.4. The average Bonchev–Trinajstić information content (AvgIpc) is 2.38. The van der Waals surface area contributed by atoms with Crippen LogP contribution in [-0.4, -0.2) is 33.3 Å². The molecule has 2 aliphatic rings. The Balaban J connectivity index is 2.32. The molecule has 1 aliphatic carbocycles. The molecule has 0 bridgehead atoms. The third-order valence-corrected chi connectivity index (χ3v) is 3.85. The maximum Gasteiger partial charge on any atom is 0.305 e. The minimum atomic E-state index is -0.965. The van der Waals surface area contributed by atoms with E-state index in [0.29, 0.717) is 24.0 Å². The fraction of sp³-hybridized carbons (Fsp3) is 0.583. The van der Waals surface area contributed by atoms with Gasteiger partial charge < -0.3 is 5.11 Å². The van der Waals surface area contributed by atoms with Crippen LogP contribution in [0.3, 0.4) is 0 Å². The SMILES string of the molecule is CC1=C(C)C(=O)N(C2(CC(=O)O)CCC2)C1=O. The lowest BCUT2D eigenvalue weighted by Gasteiger charge is -2.46. The van der Waals surface area contributed by atoms with Crippen molar-refractivity contribution in [1.82, 2.24) is 4.90 Å². The minimum Gasteiger partial charge on any atom is -0.481 e. The Hall–Kier alpha value is -1.65. The van der Waals surface area contributed by atoms with Crippen molar-refractivity contribution in [1.29, 1.82) is 0 Å². The maximum absolute atomic E-state index is 12.0. The zero-order chi connectivity index (χ0) is 12.8. The van der Waals surface area contributed by atoms with Gasteiger partial charge in [-0.2, -0.15) is 0 Å². The van der Waals surface area contributed by atoms with Gasteiger partial charge >= 0.3 is 5.97 Å². The van der Waals surface area contributed by atoms with Crippen LogP contribution in [-0.2, 0) is 14.4 Å². The van der Waals surface area contributed by atoms with Crippen LogP contribution in [0.5, 0.6) is 0 Å². The summed E-state index contributed by atoms with van der Waals surface area (Å²) in [5, 5.41) is 8.92. The lowest BCUT2D eigenvalue weighted by atomic mass is 9.73. The van der Waals surface area contributed by atoms with Crippen molar-refractivity contribution in [2.75, 3.05) is 0 Å². The first-order chi connectivity index (χ1) is 7.89. The number of rotatable bonds is 3. The van der Waals surface area contributed by atoms with E-state index in [0.717, 1.165) is 6.42 Å². The summed E-state index contributed by atoms with van der Waals surface area (Å²) < 4.78 is 0. The Morgan fingerprint density at radius 1 is 1.24 bits per heavy atom. The van der Waals surface area contributed by atoms with Gasteiger partial charge in [-0.3, -0.25) is 19.3 Å². The molecular weight excluding hydrogens is 222 g/mol. The highest BCUT2D eigenvalue weighted by Gasteiger charge is 2.52. The van der Waals surface area contributed by atoms with Crippen LogP contribution < -0.4 is 0 Å². The quantitative estimate of drug-likeness (QED) is 0.745. The van der Waals surface area contributed by atoms with Crippen LogP contribution in [0.4, 0.5) is 0 Å². The molecule has 1 saturated carbocycles. The molecule has 0 atom stereocenters. The Bertz CT molecular complexity index is 421. The Labute approximate surface area is 99.1 Å². The molecule has 0 saturated heterocycles. The van der Waals surface area contributed by atoms with E-state index >= 15 is 0 Å². The summed E-state index contributed by atoms with van der Waals surface area (Å²) in [6.45, 7) is 3.23. The fourth-order valence-corrected chi connectivity index (χ4v) is 2.53. The van der Waals surface area contributed by atoms with Crippen LogP contribution >= 0.6 is 0 Å². The van der Waals surface area contributed by atoms with E-state index in [1.54, 1.807) is 13.8 Å². The molecule has 5 heteroatoms. The van der Waals surface area contributed by atoms with Gasteiger partial charge in [0.2, 0.25) is 0 Å². The van der Waals surface area contributed by atoms with Gasteiger partial charge in [-0.05, 0) is 33.1 Å². The first-order valence-corrected chi connectivity index (χ1v) is 5.67. The first-order valence-electron chi connectivity index (χ1n) is 5.67. The Morgan fingerprint density at radius 2 is 1.71 bits per heavy atom. The van der Waals surface area contributed by atoms with E-state index in [4.69, 9.17) is 5.11 Å². The molecule has 2 amide bonds. The molecule has 1 N–H and O–H groups in total. The summed E-state index contributed by atoms with van der Waals surface area (Å²) in [7, 11) is 0. The van der Waals surface area contributed by atoms with Crippen LogP contribution in [0.2, 0.25) is 0 Å². The van der Waals surface area contributed by atoms with Crippen molar-refractivity contribution in [2.45, 2.75) is 45.1 Å². The summed E-state index contributed by atoms with van der Waals surface area (Å²) in [6.07, 6.45) is 1.90. The van der Waals surface area contributed by atoms with E-state index < -0.39 is 11.5 Å². The van der Waals surface area contributed by atoms with Crippen molar-refractivity contribution >= 4 is 17.8 Å². The summed E-state index contributed by atoms with van der Waals surface area (Å²) in [5.41, 5.74) is 0.0947. The number of aliphatic carboxylic acids is 1. The molecular formula is C12H15NO4. The molecule has 1 fully saturated rings. The molecule has 1 aliphatic heterocycles. The summed E-state index contributed by atoms with van der Waals surface area (Å²) >= 11 is 0. The normalized spacial score (nSPS) is 23.1. The molecule has 92 valence electrons. The van der Waals surface area contributed by atoms with E-state index in [1.165, 1.54) is 4.90 Å². The number of amides is 2. The molecule has 0 aromatic rings. The lowest BCUT2D eigenvalue weighted by Crippen LogP contribution is -2.57. The second kappa shape index (κ2) is 3.68. The highest BCUT2D eigenvalue weighted by Crippen LogP contribution is 2.44. The van der Waals surface area contributed by atoms with Crippen molar-refractivity contribution in [3.8, 4) is 0 Å². The van der Waals surface area contributed by atoms with E-state index in [1.807, 2.05) is 0 Å². The lowest BCUT2D eigenvalue weighted by molar-refractivity contribution is -0.154. The van der Waals surface area contributed by atoms with Gasteiger partial charge in [0.15, 0.2) is 0 Å². The van der Waals surface area contributed by atoms with Crippen molar-refractivity contribution in [3.05, 3.63) is 11.1 Å². The number of imide groups is 1. The van der Waals surface area contributed by atoms with Crippen LogP contribution in [0.25, 0.3) is 0 Å². The monoisotopic (exact) mass is 237 g/mol.